The molecule has 1 aliphatic rings. The summed E-state index contributed by atoms with van der Waals surface area (Å²) >= 11 is 0. The Morgan fingerprint density at radius 1 is 0.967 bits per heavy atom. The fourth-order valence-corrected chi connectivity index (χ4v) is 4.69. The maximum atomic E-state index is 12.6. The molecule has 1 N–H and O–H groups in total. The van der Waals surface area contributed by atoms with Crippen LogP contribution < -0.4 is 5.32 Å². The summed E-state index contributed by atoms with van der Waals surface area (Å²) in [5.41, 5.74) is 0. The molecule has 1 saturated heterocycles. The molecule has 0 radical (unpaired) electrons. The third-order valence-corrected chi connectivity index (χ3v) is 7.00. The number of amides is 3. The second kappa shape index (κ2) is 11.1. The van der Waals surface area contributed by atoms with Gasteiger partial charge in [0.15, 0.2) is 0 Å². The zero-order chi connectivity index (χ0) is 22.1. The van der Waals surface area contributed by atoms with E-state index in [0.29, 0.717) is 13.1 Å². The third-order valence-electron chi connectivity index (χ3n) is 5.09. The van der Waals surface area contributed by atoms with Crippen LogP contribution in [-0.2, 0) is 24.4 Å². The van der Waals surface area contributed by atoms with Crippen LogP contribution in [0.1, 0.15) is 26.7 Å². The zero-order valence-electron chi connectivity index (χ0n) is 17.5. The predicted octanol–water partition coefficient (Wildman–Crippen LogP) is 0.284. The van der Waals surface area contributed by atoms with Crippen molar-refractivity contribution in [3.63, 3.8) is 0 Å². The molecule has 0 bridgehead atoms. The molecule has 1 aromatic carbocycles. The van der Waals surface area contributed by atoms with Gasteiger partial charge in [-0.15, -0.1) is 0 Å². The number of hydrogen-bond acceptors (Lipinski definition) is 5. The number of sulfonamides is 1. The van der Waals surface area contributed by atoms with Crippen LogP contribution in [0.15, 0.2) is 35.2 Å². The van der Waals surface area contributed by atoms with Gasteiger partial charge < -0.3 is 15.1 Å². The number of likely N-dealkylation sites (N-methyl/N-ethyl adjacent to an activating group) is 1. The maximum Gasteiger partial charge on any atom is 0.243 e. The molecule has 1 aromatic rings. The molecule has 0 atom stereocenters. The molecule has 3 amide bonds. The normalized spacial score (nSPS) is 14.9. The van der Waals surface area contributed by atoms with Crippen molar-refractivity contribution in [3.05, 3.63) is 30.3 Å². The molecular formula is C20H30N4O5S. The number of rotatable bonds is 9. The van der Waals surface area contributed by atoms with Gasteiger partial charge in [-0.1, -0.05) is 18.2 Å². The smallest absolute Gasteiger partial charge is 0.243 e. The molecule has 166 valence electrons. The lowest BCUT2D eigenvalue weighted by Crippen LogP contribution is -2.50. The molecule has 0 spiro atoms. The van der Waals surface area contributed by atoms with E-state index in [9.17, 15) is 22.8 Å². The van der Waals surface area contributed by atoms with E-state index in [2.05, 4.69) is 5.32 Å². The van der Waals surface area contributed by atoms with Crippen molar-refractivity contribution in [1.82, 2.24) is 19.4 Å². The van der Waals surface area contributed by atoms with E-state index in [-0.39, 0.29) is 68.2 Å². The molecule has 0 aliphatic carbocycles. The fraction of sp³-hybridized carbons (Fsp3) is 0.550. The Balaban J connectivity index is 1.75. The quantitative estimate of drug-likeness (QED) is 0.596. The van der Waals surface area contributed by atoms with Crippen LogP contribution in [0.2, 0.25) is 0 Å². The van der Waals surface area contributed by atoms with Crippen molar-refractivity contribution in [2.45, 2.75) is 31.6 Å². The topological polar surface area (TPSA) is 107 Å². The molecule has 0 saturated carbocycles. The van der Waals surface area contributed by atoms with Crippen LogP contribution in [0.5, 0.6) is 0 Å². The van der Waals surface area contributed by atoms with Gasteiger partial charge in [0, 0.05) is 52.1 Å². The summed E-state index contributed by atoms with van der Waals surface area (Å²) in [5.74, 6) is -0.707. The Labute approximate surface area is 178 Å². The van der Waals surface area contributed by atoms with E-state index in [0.717, 1.165) is 0 Å². The largest absolute Gasteiger partial charge is 0.347 e. The van der Waals surface area contributed by atoms with Gasteiger partial charge in [0.05, 0.1) is 11.4 Å². The van der Waals surface area contributed by atoms with E-state index in [1.165, 1.54) is 4.31 Å². The summed E-state index contributed by atoms with van der Waals surface area (Å²) in [5, 5.41) is 2.55. The first-order valence-electron chi connectivity index (χ1n) is 10.2. The van der Waals surface area contributed by atoms with Gasteiger partial charge in [-0.3, -0.25) is 14.4 Å². The minimum atomic E-state index is -3.57. The van der Waals surface area contributed by atoms with Gasteiger partial charge in [0.2, 0.25) is 27.7 Å². The van der Waals surface area contributed by atoms with E-state index < -0.39 is 10.0 Å². The lowest BCUT2D eigenvalue weighted by Gasteiger charge is -2.34. The number of nitrogens with zero attached hydrogens (tertiary/aromatic N) is 3. The highest BCUT2D eigenvalue weighted by Crippen LogP contribution is 2.17. The Kier molecular flexibility index (Phi) is 8.79. The molecular weight excluding hydrogens is 408 g/mol. The molecule has 1 heterocycles. The number of hydrogen-bond donors (Lipinski definition) is 1. The van der Waals surface area contributed by atoms with Crippen molar-refractivity contribution >= 4 is 27.7 Å². The average molecular weight is 439 g/mol. The summed E-state index contributed by atoms with van der Waals surface area (Å²) in [6.45, 7) is 5.82. The highest BCUT2D eigenvalue weighted by Gasteiger charge is 2.30. The molecule has 1 fully saturated rings. The number of nitrogens with one attached hydrogen (secondary N) is 1. The Hall–Kier alpha value is -2.46. The van der Waals surface area contributed by atoms with Crippen LogP contribution in [-0.4, -0.2) is 86.1 Å². The minimum absolute atomic E-state index is 0.00705. The monoisotopic (exact) mass is 438 g/mol. The lowest BCUT2D eigenvalue weighted by molar-refractivity contribution is -0.135. The van der Waals surface area contributed by atoms with Gasteiger partial charge in [0.25, 0.3) is 0 Å². The molecule has 1 aliphatic heterocycles. The van der Waals surface area contributed by atoms with E-state index >= 15 is 0 Å². The van der Waals surface area contributed by atoms with E-state index in [4.69, 9.17) is 0 Å². The van der Waals surface area contributed by atoms with E-state index in [1.54, 1.807) is 40.1 Å². The summed E-state index contributed by atoms with van der Waals surface area (Å²) in [4.78, 5) is 39.6. The van der Waals surface area contributed by atoms with Crippen LogP contribution >= 0.6 is 0 Å². The summed E-state index contributed by atoms with van der Waals surface area (Å²) < 4.78 is 26.6. The molecule has 0 aromatic heterocycles. The second-order valence-electron chi connectivity index (χ2n) is 6.94. The fourth-order valence-electron chi connectivity index (χ4n) is 3.25. The van der Waals surface area contributed by atoms with Gasteiger partial charge in [-0.05, 0) is 26.0 Å². The van der Waals surface area contributed by atoms with Crippen molar-refractivity contribution in [1.29, 1.82) is 0 Å². The van der Waals surface area contributed by atoms with Gasteiger partial charge >= 0.3 is 0 Å². The molecule has 10 heteroatoms. The minimum Gasteiger partial charge on any atom is -0.347 e. The maximum absolute atomic E-state index is 12.6. The van der Waals surface area contributed by atoms with Crippen molar-refractivity contribution in [2.24, 2.45) is 0 Å². The Bertz CT molecular complexity index is 832. The van der Waals surface area contributed by atoms with E-state index in [1.807, 2.05) is 13.8 Å². The van der Waals surface area contributed by atoms with Crippen molar-refractivity contribution in [3.8, 4) is 0 Å². The molecule has 0 unspecified atom stereocenters. The Morgan fingerprint density at radius 2 is 1.57 bits per heavy atom. The number of piperazine rings is 1. The van der Waals surface area contributed by atoms with Gasteiger partial charge in [-0.25, -0.2) is 8.42 Å². The van der Waals surface area contributed by atoms with Gasteiger partial charge in [-0.2, -0.15) is 4.31 Å². The Morgan fingerprint density at radius 3 is 2.13 bits per heavy atom. The standard InChI is InChI=1S/C20H30N4O5S/c1-3-22(4-2)20(27)16-21-18(25)10-11-19(26)23-12-14-24(15-13-23)30(28,29)17-8-6-5-7-9-17/h5-9H,3-4,10-16H2,1-2H3,(H,21,25). The lowest BCUT2D eigenvalue weighted by atomic mass is 10.2. The first kappa shape index (κ1) is 23.8. The SMILES string of the molecule is CCN(CC)C(=O)CNC(=O)CCC(=O)N1CCN(S(=O)(=O)c2ccccc2)CC1. The highest BCUT2D eigenvalue weighted by atomic mass is 32.2. The molecule has 30 heavy (non-hydrogen) atoms. The van der Waals surface area contributed by atoms with Gasteiger partial charge in [0.1, 0.15) is 0 Å². The van der Waals surface area contributed by atoms with Crippen LogP contribution in [0.25, 0.3) is 0 Å². The first-order valence-corrected chi connectivity index (χ1v) is 11.6. The zero-order valence-corrected chi connectivity index (χ0v) is 18.4. The first-order chi connectivity index (χ1) is 14.3. The summed E-state index contributed by atoms with van der Waals surface area (Å²) in [7, 11) is -3.57. The number of benzene rings is 1. The third kappa shape index (κ3) is 6.27. The van der Waals surface area contributed by atoms with Crippen molar-refractivity contribution < 1.29 is 22.8 Å². The van der Waals surface area contributed by atoms with Crippen LogP contribution in [0.4, 0.5) is 0 Å². The van der Waals surface area contributed by atoms with Crippen LogP contribution in [0.3, 0.4) is 0 Å². The predicted molar refractivity (Wildman–Crippen MR) is 112 cm³/mol. The highest BCUT2D eigenvalue weighted by molar-refractivity contribution is 7.89. The number of carbonyl (C=O) groups excluding carboxylic acids is 3. The summed E-state index contributed by atoms with van der Waals surface area (Å²) in [6.07, 6.45) is 0.0175. The number of carbonyl (C=O) groups is 3. The average Bonchev–Trinajstić information content (AvgIpc) is 2.77. The molecule has 9 nitrogen and oxygen atoms in total. The molecule has 2 rings (SSSR count). The van der Waals surface area contributed by atoms with Crippen LogP contribution in [0, 0.1) is 0 Å². The summed E-state index contributed by atoms with van der Waals surface area (Å²) in [6, 6.07) is 8.21. The van der Waals surface area contributed by atoms with Crippen molar-refractivity contribution in [2.75, 3.05) is 45.8 Å². The second-order valence-corrected chi connectivity index (χ2v) is 8.88.